The fourth-order valence-electron chi connectivity index (χ4n) is 3.55. The third-order valence-electron chi connectivity index (χ3n) is 5.18. The van der Waals surface area contributed by atoms with Crippen LogP contribution in [0.25, 0.3) is 0 Å². The minimum atomic E-state index is 0.0932. The van der Waals surface area contributed by atoms with E-state index in [1.54, 1.807) is 24.5 Å². The van der Waals surface area contributed by atoms with Crippen molar-refractivity contribution in [2.24, 2.45) is 17.3 Å². The van der Waals surface area contributed by atoms with Crippen LogP contribution in [-0.4, -0.2) is 15.9 Å². The fourth-order valence-corrected chi connectivity index (χ4v) is 3.55. The van der Waals surface area contributed by atoms with E-state index >= 15 is 0 Å². The van der Waals surface area contributed by atoms with Crippen LogP contribution in [-0.2, 0) is 4.79 Å². The lowest BCUT2D eigenvalue weighted by atomic mass is 9.69. The van der Waals surface area contributed by atoms with Gasteiger partial charge in [0, 0.05) is 30.1 Å². The van der Waals surface area contributed by atoms with Crippen LogP contribution in [0.1, 0.15) is 46.5 Å². The molecule has 1 aliphatic carbocycles. The van der Waals surface area contributed by atoms with Crippen LogP contribution < -0.4 is 10.1 Å². The van der Waals surface area contributed by atoms with E-state index in [0.29, 0.717) is 17.1 Å². The Morgan fingerprint density at radius 3 is 2.42 bits per heavy atom. The van der Waals surface area contributed by atoms with Crippen molar-refractivity contribution in [3.05, 3.63) is 42.7 Å². The number of rotatable bonds is 4. The van der Waals surface area contributed by atoms with Gasteiger partial charge in [-0.05, 0) is 55.2 Å². The molecule has 0 atom stereocenters. The fraction of sp³-hybridized carbons (Fsp3) is 0.476. The van der Waals surface area contributed by atoms with Crippen molar-refractivity contribution in [1.82, 2.24) is 9.97 Å². The molecule has 1 saturated carbocycles. The molecule has 1 heterocycles. The van der Waals surface area contributed by atoms with Crippen LogP contribution in [0.3, 0.4) is 0 Å². The molecule has 0 saturated heterocycles. The second kappa shape index (κ2) is 7.85. The lowest BCUT2D eigenvalue weighted by Gasteiger charge is -2.36. The summed E-state index contributed by atoms with van der Waals surface area (Å²) in [7, 11) is 0. The molecule has 0 radical (unpaired) electrons. The smallest absolute Gasteiger partial charge is 0.321 e. The zero-order valence-electron chi connectivity index (χ0n) is 15.7. The molecular weight excluding hydrogens is 326 g/mol. The van der Waals surface area contributed by atoms with Crippen molar-refractivity contribution in [2.45, 2.75) is 46.5 Å². The number of benzene rings is 1. The molecule has 0 aliphatic heterocycles. The van der Waals surface area contributed by atoms with Gasteiger partial charge in [0.2, 0.25) is 5.91 Å². The standard InChI is InChI=1S/C21H27N3O2/c1-21(2,3)16-10-8-15(9-11-16)19(25)24-17-6-4-7-18(14-17)26-20-22-12-5-13-23-20/h4-7,12-16H,8-11H2,1-3H3,(H,24,25). The van der Waals surface area contributed by atoms with Gasteiger partial charge in [-0.25, -0.2) is 9.97 Å². The lowest BCUT2D eigenvalue weighted by Crippen LogP contribution is -2.31. The van der Waals surface area contributed by atoms with Crippen molar-refractivity contribution >= 4 is 11.6 Å². The normalized spacial score (nSPS) is 20.4. The molecule has 0 bridgehead atoms. The SMILES string of the molecule is CC(C)(C)C1CCC(C(=O)Nc2cccc(Oc3ncccn3)c2)CC1. The first-order valence-electron chi connectivity index (χ1n) is 9.27. The van der Waals surface area contributed by atoms with Crippen LogP contribution in [0.15, 0.2) is 42.7 Å². The summed E-state index contributed by atoms with van der Waals surface area (Å²) in [6.45, 7) is 6.88. The first kappa shape index (κ1) is 18.4. The van der Waals surface area contributed by atoms with E-state index in [9.17, 15) is 4.79 Å². The zero-order valence-corrected chi connectivity index (χ0v) is 15.7. The maximum atomic E-state index is 12.6. The van der Waals surface area contributed by atoms with Gasteiger partial charge in [-0.15, -0.1) is 0 Å². The zero-order chi connectivity index (χ0) is 18.6. The highest BCUT2D eigenvalue weighted by molar-refractivity contribution is 5.92. The number of carbonyl (C=O) groups is 1. The molecule has 1 amide bonds. The second-order valence-electron chi connectivity index (χ2n) is 8.07. The van der Waals surface area contributed by atoms with Gasteiger partial charge in [0.15, 0.2) is 0 Å². The number of nitrogens with one attached hydrogen (secondary N) is 1. The van der Waals surface area contributed by atoms with Crippen LogP contribution in [0.5, 0.6) is 11.8 Å². The summed E-state index contributed by atoms with van der Waals surface area (Å²) in [6, 6.07) is 9.37. The molecule has 0 spiro atoms. The van der Waals surface area contributed by atoms with Crippen molar-refractivity contribution in [3.8, 4) is 11.8 Å². The van der Waals surface area contributed by atoms with E-state index in [1.807, 2.05) is 18.2 Å². The van der Waals surface area contributed by atoms with Crippen molar-refractivity contribution in [1.29, 1.82) is 0 Å². The van der Waals surface area contributed by atoms with Crippen LogP contribution in [0.4, 0.5) is 5.69 Å². The van der Waals surface area contributed by atoms with Gasteiger partial charge in [-0.3, -0.25) is 4.79 Å². The van der Waals surface area contributed by atoms with E-state index in [-0.39, 0.29) is 17.8 Å². The van der Waals surface area contributed by atoms with E-state index < -0.39 is 0 Å². The molecule has 1 aliphatic rings. The second-order valence-corrected chi connectivity index (χ2v) is 8.07. The number of nitrogens with zero attached hydrogens (tertiary/aromatic N) is 2. The average Bonchev–Trinajstić information content (AvgIpc) is 2.62. The van der Waals surface area contributed by atoms with Crippen LogP contribution >= 0.6 is 0 Å². The third-order valence-corrected chi connectivity index (χ3v) is 5.18. The Labute approximate surface area is 155 Å². The molecule has 1 N–H and O–H groups in total. The van der Waals surface area contributed by atoms with Crippen LogP contribution in [0.2, 0.25) is 0 Å². The molecule has 138 valence electrons. The van der Waals surface area contributed by atoms with Crippen molar-refractivity contribution in [2.75, 3.05) is 5.32 Å². The number of ether oxygens (including phenoxy) is 1. The summed E-state index contributed by atoms with van der Waals surface area (Å²) in [6.07, 6.45) is 7.42. The maximum Gasteiger partial charge on any atom is 0.321 e. The van der Waals surface area contributed by atoms with Gasteiger partial charge in [0.1, 0.15) is 5.75 Å². The Kier molecular flexibility index (Phi) is 5.55. The molecule has 26 heavy (non-hydrogen) atoms. The Balaban J connectivity index is 1.57. The van der Waals surface area contributed by atoms with Crippen molar-refractivity contribution < 1.29 is 9.53 Å². The molecule has 1 aromatic heterocycles. The van der Waals surface area contributed by atoms with E-state index in [2.05, 4.69) is 36.1 Å². The predicted molar refractivity (Wildman–Crippen MR) is 102 cm³/mol. The highest BCUT2D eigenvalue weighted by atomic mass is 16.5. The van der Waals surface area contributed by atoms with E-state index in [1.165, 1.54) is 0 Å². The third kappa shape index (κ3) is 4.81. The average molecular weight is 353 g/mol. The summed E-state index contributed by atoms with van der Waals surface area (Å²) < 4.78 is 5.62. The minimum Gasteiger partial charge on any atom is -0.424 e. The quantitative estimate of drug-likeness (QED) is 0.834. The highest BCUT2D eigenvalue weighted by Gasteiger charge is 2.32. The summed E-state index contributed by atoms with van der Waals surface area (Å²) in [5.74, 6) is 1.50. The molecular formula is C21H27N3O2. The lowest BCUT2D eigenvalue weighted by molar-refractivity contribution is -0.121. The first-order valence-corrected chi connectivity index (χ1v) is 9.27. The first-order chi connectivity index (χ1) is 12.4. The number of amides is 1. The molecule has 3 rings (SSSR count). The highest BCUT2D eigenvalue weighted by Crippen LogP contribution is 2.40. The van der Waals surface area contributed by atoms with Crippen LogP contribution in [0, 0.1) is 17.3 Å². The van der Waals surface area contributed by atoms with Gasteiger partial charge in [-0.1, -0.05) is 26.8 Å². The minimum absolute atomic E-state index is 0.0932. The van der Waals surface area contributed by atoms with E-state index in [0.717, 1.165) is 31.4 Å². The molecule has 1 aromatic carbocycles. The van der Waals surface area contributed by atoms with Gasteiger partial charge in [0.05, 0.1) is 0 Å². The summed E-state index contributed by atoms with van der Waals surface area (Å²) in [5.41, 5.74) is 1.06. The predicted octanol–water partition coefficient (Wildman–Crippen LogP) is 5.06. The maximum absolute atomic E-state index is 12.6. The number of hydrogen-bond acceptors (Lipinski definition) is 4. The summed E-state index contributed by atoms with van der Waals surface area (Å²) in [4.78, 5) is 20.7. The molecule has 5 nitrogen and oxygen atoms in total. The monoisotopic (exact) mass is 353 g/mol. The summed E-state index contributed by atoms with van der Waals surface area (Å²) in [5, 5.41) is 3.03. The topological polar surface area (TPSA) is 64.1 Å². The molecule has 1 fully saturated rings. The molecule has 0 unspecified atom stereocenters. The Hall–Kier alpha value is -2.43. The summed E-state index contributed by atoms with van der Waals surface area (Å²) >= 11 is 0. The number of anilines is 1. The molecule has 5 heteroatoms. The van der Waals surface area contributed by atoms with Crippen molar-refractivity contribution in [3.63, 3.8) is 0 Å². The van der Waals surface area contributed by atoms with Gasteiger partial charge < -0.3 is 10.1 Å². The number of hydrogen-bond donors (Lipinski definition) is 1. The van der Waals surface area contributed by atoms with Gasteiger partial charge in [0.25, 0.3) is 0 Å². The van der Waals surface area contributed by atoms with Gasteiger partial charge in [-0.2, -0.15) is 0 Å². The number of carbonyl (C=O) groups excluding carboxylic acids is 1. The Morgan fingerprint density at radius 2 is 1.77 bits per heavy atom. The van der Waals surface area contributed by atoms with Gasteiger partial charge >= 0.3 is 6.01 Å². The van der Waals surface area contributed by atoms with E-state index in [4.69, 9.17) is 4.74 Å². The number of aromatic nitrogens is 2. The Morgan fingerprint density at radius 1 is 1.08 bits per heavy atom. The molecule has 2 aromatic rings. The Bertz CT molecular complexity index is 732. The largest absolute Gasteiger partial charge is 0.424 e.